The summed E-state index contributed by atoms with van der Waals surface area (Å²) in [5, 5.41) is 2.84. The van der Waals surface area contributed by atoms with Crippen LogP contribution in [0.2, 0.25) is 0 Å². The van der Waals surface area contributed by atoms with Crippen LogP contribution in [0.4, 0.5) is 0 Å². The molecule has 1 aromatic heterocycles. The highest BCUT2D eigenvalue weighted by Gasteiger charge is 2.31. The molecule has 1 fully saturated rings. The summed E-state index contributed by atoms with van der Waals surface area (Å²) in [5.41, 5.74) is 3.31. The Labute approximate surface area is 189 Å². The Bertz CT molecular complexity index is 997. The summed E-state index contributed by atoms with van der Waals surface area (Å²) in [7, 11) is 1.71. The number of carbonyl (C=O) groups excluding carboxylic acids is 1. The van der Waals surface area contributed by atoms with Gasteiger partial charge in [-0.05, 0) is 35.4 Å². The molecular weight excluding hydrogens is 400 g/mol. The first-order valence-electron chi connectivity index (χ1n) is 11.0. The largest absolute Gasteiger partial charge is 0.487 e. The van der Waals surface area contributed by atoms with E-state index in [2.05, 4.69) is 44.4 Å². The van der Waals surface area contributed by atoms with Crippen molar-refractivity contribution in [1.29, 1.82) is 0 Å². The molecule has 0 unspecified atom stereocenters. The molecule has 1 amide bonds. The molecule has 1 N–H and O–H groups in total. The van der Waals surface area contributed by atoms with Crippen molar-refractivity contribution in [2.24, 2.45) is 0 Å². The molecule has 1 saturated heterocycles. The molecule has 166 valence electrons. The zero-order chi connectivity index (χ0) is 22.2. The molecule has 4 rings (SSSR count). The van der Waals surface area contributed by atoms with Crippen LogP contribution in [0.15, 0.2) is 79.0 Å². The Kier molecular flexibility index (Phi) is 7.48. The summed E-state index contributed by atoms with van der Waals surface area (Å²) in [6.45, 7) is 4.48. The Balaban J connectivity index is 1.37. The molecule has 0 bridgehead atoms. The van der Waals surface area contributed by atoms with E-state index in [1.165, 1.54) is 11.1 Å². The second-order valence-corrected chi connectivity index (χ2v) is 8.08. The Morgan fingerprint density at radius 2 is 1.81 bits per heavy atom. The summed E-state index contributed by atoms with van der Waals surface area (Å²) in [6, 6.07) is 24.2. The van der Waals surface area contributed by atoms with E-state index in [1.54, 1.807) is 13.2 Å². The number of benzene rings is 2. The van der Waals surface area contributed by atoms with Gasteiger partial charge in [-0.1, -0.05) is 48.5 Å². The molecule has 3 aromatic rings. The third-order valence-corrected chi connectivity index (χ3v) is 5.77. The second-order valence-electron chi connectivity index (χ2n) is 8.08. The lowest BCUT2D eigenvalue weighted by Crippen LogP contribution is -2.57. The van der Waals surface area contributed by atoms with E-state index in [-0.39, 0.29) is 11.9 Å². The van der Waals surface area contributed by atoms with Crippen LogP contribution in [0.5, 0.6) is 5.75 Å². The summed E-state index contributed by atoms with van der Waals surface area (Å²) in [5.74, 6) is 0.900. The highest BCUT2D eigenvalue weighted by molar-refractivity contribution is 5.81. The molecular formula is C26H30N4O2. The summed E-state index contributed by atoms with van der Waals surface area (Å²) >= 11 is 0. The molecule has 0 saturated carbocycles. The minimum atomic E-state index is -0.169. The maximum atomic E-state index is 12.6. The first kappa shape index (κ1) is 22.0. The molecule has 2 aromatic carbocycles. The molecule has 0 aliphatic carbocycles. The van der Waals surface area contributed by atoms with Gasteiger partial charge in [0.15, 0.2) is 0 Å². The predicted octanol–water partition coefficient (Wildman–Crippen LogP) is 3.09. The van der Waals surface area contributed by atoms with Gasteiger partial charge in [0.25, 0.3) is 0 Å². The van der Waals surface area contributed by atoms with E-state index in [4.69, 9.17) is 4.74 Å². The van der Waals surface area contributed by atoms with Gasteiger partial charge in [0.05, 0.1) is 5.69 Å². The molecule has 6 heteroatoms. The van der Waals surface area contributed by atoms with Crippen LogP contribution in [0.25, 0.3) is 0 Å². The summed E-state index contributed by atoms with van der Waals surface area (Å²) < 4.78 is 5.93. The van der Waals surface area contributed by atoms with Crippen LogP contribution >= 0.6 is 0 Å². The van der Waals surface area contributed by atoms with Crippen molar-refractivity contribution in [3.63, 3.8) is 0 Å². The average molecular weight is 431 g/mol. The summed E-state index contributed by atoms with van der Waals surface area (Å²) in [4.78, 5) is 21.6. The number of nitrogens with zero attached hydrogens (tertiary/aromatic N) is 3. The topological polar surface area (TPSA) is 57.7 Å². The monoisotopic (exact) mass is 430 g/mol. The van der Waals surface area contributed by atoms with E-state index >= 15 is 0 Å². The van der Waals surface area contributed by atoms with Crippen molar-refractivity contribution in [3.05, 3.63) is 95.8 Å². The van der Waals surface area contributed by atoms with Gasteiger partial charge in [0.1, 0.15) is 18.4 Å². The number of rotatable bonds is 8. The van der Waals surface area contributed by atoms with E-state index in [0.717, 1.165) is 37.6 Å². The number of pyridine rings is 1. The normalized spacial score (nSPS) is 17.1. The lowest BCUT2D eigenvalue weighted by molar-refractivity contribution is -0.128. The summed E-state index contributed by atoms with van der Waals surface area (Å²) in [6.07, 6.45) is 1.77. The molecule has 2 heterocycles. The SMILES string of the molecule is CNC(=O)[C@@H]1CN(Cc2cccc(OCc3ccccn3)c2)CCN1Cc1ccccc1. The lowest BCUT2D eigenvalue weighted by atomic mass is 10.1. The molecule has 0 spiro atoms. The number of hydrogen-bond acceptors (Lipinski definition) is 5. The number of piperazine rings is 1. The van der Waals surface area contributed by atoms with Crippen molar-refractivity contribution >= 4 is 5.91 Å². The Morgan fingerprint density at radius 1 is 1.00 bits per heavy atom. The highest BCUT2D eigenvalue weighted by atomic mass is 16.5. The van der Waals surface area contributed by atoms with E-state index < -0.39 is 0 Å². The van der Waals surface area contributed by atoms with Gasteiger partial charge in [-0.25, -0.2) is 0 Å². The number of carbonyl (C=O) groups is 1. The maximum Gasteiger partial charge on any atom is 0.238 e. The van der Waals surface area contributed by atoms with E-state index in [9.17, 15) is 4.79 Å². The third kappa shape index (κ3) is 5.93. The van der Waals surface area contributed by atoms with Gasteiger partial charge in [0, 0.05) is 46.0 Å². The van der Waals surface area contributed by atoms with Crippen molar-refractivity contribution in [2.45, 2.75) is 25.7 Å². The fraction of sp³-hybridized carbons (Fsp3) is 0.308. The van der Waals surface area contributed by atoms with Crippen LogP contribution in [0.1, 0.15) is 16.8 Å². The van der Waals surface area contributed by atoms with Crippen LogP contribution in [0.3, 0.4) is 0 Å². The molecule has 0 radical (unpaired) electrons. The first-order valence-corrected chi connectivity index (χ1v) is 11.0. The van der Waals surface area contributed by atoms with Gasteiger partial charge >= 0.3 is 0 Å². The third-order valence-electron chi connectivity index (χ3n) is 5.77. The molecule has 1 aliphatic heterocycles. The number of ether oxygens (including phenoxy) is 1. The number of hydrogen-bond donors (Lipinski definition) is 1. The van der Waals surface area contributed by atoms with Crippen molar-refractivity contribution < 1.29 is 9.53 Å². The minimum Gasteiger partial charge on any atom is -0.487 e. The predicted molar refractivity (Wildman–Crippen MR) is 125 cm³/mol. The first-order chi connectivity index (χ1) is 15.7. The quantitative estimate of drug-likeness (QED) is 0.595. The molecule has 32 heavy (non-hydrogen) atoms. The Morgan fingerprint density at radius 3 is 2.59 bits per heavy atom. The number of nitrogens with one attached hydrogen (secondary N) is 1. The Hall–Kier alpha value is -3.22. The zero-order valence-corrected chi connectivity index (χ0v) is 18.5. The van der Waals surface area contributed by atoms with E-state index in [1.807, 2.05) is 48.5 Å². The maximum absolute atomic E-state index is 12.6. The second kappa shape index (κ2) is 10.9. The number of likely N-dealkylation sites (N-methyl/N-ethyl adjacent to an activating group) is 1. The fourth-order valence-corrected chi connectivity index (χ4v) is 4.08. The van der Waals surface area contributed by atoms with Gasteiger partial charge in [-0.2, -0.15) is 0 Å². The van der Waals surface area contributed by atoms with Crippen molar-refractivity contribution in [1.82, 2.24) is 20.1 Å². The van der Waals surface area contributed by atoms with Crippen LogP contribution < -0.4 is 10.1 Å². The number of amides is 1. The fourth-order valence-electron chi connectivity index (χ4n) is 4.08. The van der Waals surface area contributed by atoms with Crippen LogP contribution in [0, 0.1) is 0 Å². The standard InChI is InChI=1S/C26H30N4O2/c1-27-26(31)25-19-29(14-15-30(25)18-21-8-3-2-4-9-21)17-22-10-7-12-24(16-22)32-20-23-11-5-6-13-28-23/h2-13,16,25H,14-15,17-20H2,1H3,(H,27,31)/t25-/m0/s1. The molecule has 1 aliphatic rings. The van der Waals surface area contributed by atoms with Gasteiger partial charge < -0.3 is 10.1 Å². The zero-order valence-electron chi connectivity index (χ0n) is 18.5. The minimum absolute atomic E-state index is 0.0677. The molecule has 1 atom stereocenters. The van der Waals surface area contributed by atoms with Gasteiger partial charge in [-0.15, -0.1) is 0 Å². The molecule has 6 nitrogen and oxygen atoms in total. The highest BCUT2D eigenvalue weighted by Crippen LogP contribution is 2.20. The van der Waals surface area contributed by atoms with Crippen LogP contribution in [-0.4, -0.2) is 53.4 Å². The lowest BCUT2D eigenvalue weighted by Gasteiger charge is -2.40. The van der Waals surface area contributed by atoms with Gasteiger partial charge in [-0.3, -0.25) is 19.6 Å². The van der Waals surface area contributed by atoms with Crippen molar-refractivity contribution in [3.8, 4) is 5.75 Å². The van der Waals surface area contributed by atoms with Gasteiger partial charge in [0.2, 0.25) is 5.91 Å². The number of aromatic nitrogens is 1. The van der Waals surface area contributed by atoms with E-state index in [0.29, 0.717) is 13.2 Å². The smallest absolute Gasteiger partial charge is 0.238 e. The van der Waals surface area contributed by atoms with Crippen LogP contribution in [-0.2, 0) is 24.5 Å². The average Bonchev–Trinajstić information content (AvgIpc) is 2.85. The van der Waals surface area contributed by atoms with Crippen molar-refractivity contribution in [2.75, 3.05) is 26.7 Å².